The van der Waals surface area contributed by atoms with E-state index in [1.807, 2.05) is 30.3 Å². The van der Waals surface area contributed by atoms with Crippen molar-refractivity contribution >= 4 is 43.1 Å². The van der Waals surface area contributed by atoms with Gasteiger partial charge in [0.05, 0.1) is 18.9 Å². The first kappa shape index (κ1) is 27.6. The van der Waals surface area contributed by atoms with E-state index in [-0.39, 0.29) is 18.3 Å². The van der Waals surface area contributed by atoms with Crippen molar-refractivity contribution < 1.29 is 44.1 Å². The largest absolute Gasteiger partial charge is 0.747 e. The van der Waals surface area contributed by atoms with Gasteiger partial charge in [-0.25, -0.2) is 8.42 Å². The minimum Gasteiger partial charge on any atom is -0.747 e. The fraction of sp³-hybridized carbons (Fsp3) is 0.192. The first-order chi connectivity index (χ1) is 19.1. The molecule has 1 aromatic heterocycles. The van der Waals surface area contributed by atoms with Crippen LogP contribution < -0.4 is 24.4 Å². The molecular weight excluding hydrogens is 562 g/mol. The number of benzene rings is 3. The number of anilines is 1. The zero-order valence-electron chi connectivity index (χ0n) is 21.4. The quantitative estimate of drug-likeness (QED) is 0.166. The molecule has 210 valence electrons. The average Bonchev–Trinajstić information content (AvgIpc) is 3.43. The lowest BCUT2D eigenvalue weighted by molar-refractivity contribution is -0.658. The molecule has 14 heteroatoms. The lowest BCUT2D eigenvalue weighted by atomic mass is 10.0. The molecule has 0 radical (unpaired) electrons. The van der Waals surface area contributed by atoms with Crippen molar-refractivity contribution in [1.29, 1.82) is 0 Å². The number of hydrogen-bond donors (Lipinski definition) is 1. The third kappa shape index (κ3) is 5.95. The topological polar surface area (TPSA) is 151 Å². The second-order valence-electron chi connectivity index (χ2n) is 8.72. The van der Waals surface area contributed by atoms with Gasteiger partial charge in [0.2, 0.25) is 11.5 Å². The highest BCUT2D eigenvalue weighted by atomic mass is 32.2. The summed E-state index contributed by atoms with van der Waals surface area (Å²) in [6.45, 7) is 1.92. The predicted octanol–water partition coefficient (Wildman–Crippen LogP) is 2.92. The van der Waals surface area contributed by atoms with E-state index in [0.29, 0.717) is 28.3 Å². The predicted molar refractivity (Wildman–Crippen MR) is 144 cm³/mol. The zero-order valence-corrected chi connectivity index (χ0v) is 23.1. The summed E-state index contributed by atoms with van der Waals surface area (Å²) < 4.78 is 84.3. The number of oxazole rings is 1. The minimum atomic E-state index is -4.76. The maximum Gasteiger partial charge on any atom is 0.380 e. The van der Waals surface area contributed by atoms with Gasteiger partial charge >= 0.3 is 16.0 Å². The third-order valence-electron chi connectivity index (χ3n) is 5.93. The molecule has 0 fully saturated rings. The van der Waals surface area contributed by atoms with E-state index < -0.39 is 32.0 Å². The Kier molecular flexibility index (Phi) is 7.53. The number of rotatable bonds is 10. The van der Waals surface area contributed by atoms with Gasteiger partial charge in [-0.3, -0.25) is 4.90 Å². The number of methoxy groups -OCH3 is 1. The maximum absolute atomic E-state index is 12.7. The smallest absolute Gasteiger partial charge is 0.380 e. The molecule has 40 heavy (non-hydrogen) atoms. The molecule has 12 nitrogen and oxygen atoms in total. The molecule has 0 saturated carbocycles. The summed E-state index contributed by atoms with van der Waals surface area (Å²) in [5.41, 5.74) is 5.00. The Labute approximate surface area is 230 Å². The van der Waals surface area contributed by atoms with Gasteiger partial charge in [0, 0.05) is 6.54 Å². The van der Waals surface area contributed by atoms with Crippen LogP contribution in [-0.4, -0.2) is 40.9 Å². The molecule has 1 aliphatic heterocycles. The summed E-state index contributed by atoms with van der Waals surface area (Å²) in [5.74, 6) is -0.898. The van der Waals surface area contributed by atoms with E-state index in [0.717, 1.165) is 11.1 Å². The lowest BCUT2D eigenvalue weighted by Crippen LogP contribution is -2.41. The van der Waals surface area contributed by atoms with E-state index in [2.05, 4.69) is 5.48 Å². The summed E-state index contributed by atoms with van der Waals surface area (Å²) in [5, 5.41) is 0. The van der Waals surface area contributed by atoms with Gasteiger partial charge in [0.1, 0.15) is 27.8 Å². The average molecular weight is 588 g/mol. The van der Waals surface area contributed by atoms with Crippen LogP contribution in [-0.2, 0) is 30.4 Å². The van der Waals surface area contributed by atoms with E-state index in [4.69, 9.17) is 18.2 Å². The third-order valence-corrected chi connectivity index (χ3v) is 7.45. The fourth-order valence-electron chi connectivity index (χ4n) is 4.20. The number of hydrogen-bond acceptors (Lipinski definition) is 11. The van der Waals surface area contributed by atoms with Crippen LogP contribution in [0, 0.1) is 0 Å². The van der Waals surface area contributed by atoms with Gasteiger partial charge in [-0.05, 0) is 35.4 Å². The first-order valence-electron chi connectivity index (χ1n) is 12.0. The van der Waals surface area contributed by atoms with Gasteiger partial charge in [0.15, 0.2) is 5.75 Å². The Morgan fingerprint density at radius 2 is 1.80 bits per heavy atom. The molecule has 0 saturated heterocycles. The number of fused-ring (bicyclic) bond motifs is 2. The second-order valence-corrected chi connectivity index (χ2v) is 11.6. The highest BCUT2D eigenvalue weighted by molar-refractivity contribution is 7.85. The van der Waals surface area contributed by atoms with Gasteiger partial charge in [-0.2, -0.15) is 18.2 Å². The Bertz CT molecular complexity index is 1800. The molecule has 0 aliphatic carbocycles. The summed E-state index contributed by atoms with van der Waals surface area (Å²) in [7, 11) is -7.44. The highest BCUT2D eigenvalue weighted by Crippen LogP contribution is 2.42. The summed E-state index contributed by atoms with van der Waals surface area (Å²) in [6.07, 6.45) is 1.32. The van der Waals surface area contributed by atoms with Crippen LogP contribution in [0.15, 0.2) is 77.0 Å². The van der Waals surface area contributed by atoms with Crippen molar-refractivity contribution in [3.8, 4) is 22.6 Å². The van der Waals surface area contributed by atoms with Crippen molar-refractivity contribution in [3.63, 3.8) is 0 Å². The normalized spacial score (nSPS) is 14.5. The van der Waals surface area contributed by atoms with Crippen LogP contribution in [0.1, 0.15) is 12.8 Å². The Balaban J connectivity index is 1.63. The second kappa shape index (κ2) is 10.9. The highest BCUT2D eigenvalue weighted by Gasteiger charge is 2.33. The number of nitrogens with one attached hydrogen (secondary N) is 1. The molecule has 2 heterocycles. The van der Waals surface area contributed by atoms with E-state index in [1.165, 1.54) is 22.7 Å². The van der Waals surface area contributed by atoms with E-state index in [1.54, 1.807) is 43.3 Å². The van der Waals surface area contributed by atoms with Crippen molar-refractivity contribution in [2.75, 3.05) is 24.4 Å². The molecule has 1 N–H and O–H groups in total. The number of hydroxylamine groups is 1. The molecule has 0 unspecified atom stereocenters. The van der Waals surface area contributed by atoms with Crippen LogP contribution in [0.4, 0.5) is 5.69 Å². The molecule has 0 spiro atoms. The summed E-state index contributed by atoms with van der Waals surface area (Å²) in [6, 6.07) is 19.4. The lowest BCUT2D eigenvalue weighted by Gasteiger charge is -2.20. The zero-order chi connectivity index (χ0) is 28.5. The SMILES string of the molecule is CCNOS(=O)(=O)C[n+]1c(C=C2Oc3ccc(-c4ccccc4)cc3N2CS(=O)(=O)[O-])oc2ccc(OC)cc21. The van der Waals surface area contributed by atoms with Gasteiger partial charge in [0.25, 0.3) is 11.4 Å². The van der Waals surface area contributed by atoms with Crippen molar-refractivity contribution in [2.24, 2.45) is 0 Å². The fourth-order valence-corrected chi connectivity index (χ4v) is 5.71. The van der Waals surface area contributed by atoms with Crippen molar-refractivity contribution in [2.45, 2.75) is 12.8 Å². The first-order valence-corrected chi connectivity index (χ1v) is 15.2. The number of nitrogens with zero attached hydrogens (tertiary/aromatic N) is 2. The van der Waals surface area contributed by atoms with Crippen LogP contribution >= 0.6 is 0 Å². The molecule has 0 amide bonds. The van der Waals surface area contributed by atoms with Gasteiger partial charge in [-0.1, -0.05) is 43.3 Å². The Hall–Kier alpha value is -3.95. The molecule has 0 atom stereocenters. The molecule has 4 aromatic rings. The van der Waals surface area contributed by atoms with Gasteiger partial charge < -0.3 is 18.4 Å². The van der Waals surface area contributed by atoms with Crippen molar-refractivity contribution in [3.05, 3.63) is 78.5 Å². The van der Waals surface area contributed by atoms with E-state index >= 15 is 0 Å². The van der Waals surface area contributed by atoms with Crippen LogP contribution in [0.25, 0.3) is 28.3 Å². The molecule has 1 aliphatic rings. The summed E-state index contributed by atoms with van der Waals surface area (Å²) in [4.78, 5) is 1.20. The standard InChI is InChI=1S/C26H25N3O9S2/c1-3-27-38-40(33,34)17-29-22-14-20(35-2)10-12-24(22)37-26(29)15-25-28(16-39(30,31)32)21-13-19(9-11-23(21)36-25)18-7-5-4-6-8-18/h4-15,27H,3,16-17H2,1-2H3. The number of ether oxygens (including phenoxy) is 2. The monoisotopic (exact) mass is 587 g/mol. The Morgan fingerprint density at radius 1 is 1.02 bits per heavy atom. The molecular formula is C26H25N3O9S2. The molecule has 5 rings (SSSR count). The number of aromatic nitrogens is 1. The van der Waals surface area contributed by atoms with E-state index in [9.17, 15) is 21.4 Å². The summed E-state index contributed by atoms with van der Waals surface area (Å²) >= 11 is 0. The molecule has 0 bridgehead atoms. The van der Waals surface area contributed by atoms with Crippen LogP contribution in [0.5, 0.6) is 11.5 Å². The Morgan fingerprint density at radius 3 is 2.50 bits per heavy atom. The van der Waals surface area contributed by atoms with Crippen LogP contribution in [0.3, 0.4) is 0 Å². The van der Waals surface area contributed by atoms with Crippen molar-refractivity contribution in [1.82, 2.24) is 5.48 Å². The van der Waals surface area contributed by atoms with Crippen LogP contribution in [0.2, 0.25) is 0 Å². The maximum atomic E-state index is 12.7. The van der Waals surface area contributed by atoms with Gasteiger partial charge in [-0.15, -0.1) is 4.57 Å². The minimum absolute atomic E-state index is 0.00804. The molecule has 3 aromatic carbocycles.